The first-order valence-corrected chi connectivity index (χ1v) is 0. The van der Waals surface area contributed by atoms with Crippen LogP contribution < -0.4 is 37.7 Å². The first-order chi connectivity index (χ1) is 0. The summed E-state index contributed by atoms with van der Waals surface area (Å²) in [4.78, 5) is 0. The summed E-state index contributed by atoms with van der Waals surface area (Å²) in [6, 6.07) is 0. The Balaban J connectivity index is 0. The van der Waals surface area contributed by atoms with Crippen molar-refractivity contribution in [2.24, 2.45) is 0 Å². The monoisotopic (exact) mass is 66.0 g/mol. The Morgan fingerprint density at radius 2 is 0.600 bits per heavy atom. The van der Waals surface area contributed by atoms with E-state index in [1.807, 2.05) is 0 Å². The van der Waals surface area contributed by atoms with Crippen molar-refractivity contribution in [2.75, 3.05) is 0 Å². The van der Waals surface area contributed by atoms with Gasteiger partial charge in [0.25, 0.3) is 0 Å². The smallest absolute Gasteiger partial charge is 1.00 e. The van der Waals surface area contributed by atoms with Crippen LogP contribution in [-0.4, -0.2) is 11.0 Å². The average Bonchev–Trinajstić information content (AvgIpc) is 0. The van der Waals surface area contributed by atoms with Gasteiger partial charge in [-0.2, -0.15) is 0 Å². The molecule has 4 N–H and O–H groups in total. The van der Waals surface area contributed by atoms with Crippen LogP contribution in [0.3, 0.4) is 0 Å². The van der Waals surface area contributed by atoms with Crippen LogP contribution in [0.5, 0.6) is 0 Å². The van der Waals surface area contributed by atoms with Crippen LogP contribution in [0.2, 0.25) is 0 Å². The van der Waals surface area contributed by atoms with E-state index in [0.717, 1.165) is 0 Å². The molecule has 0 saturated carbocycles. The van der Waals surface area contributed by atoms with Crippen molar-refractivity contribution in [3.05, 3.63) is 0 Å². The second-order valence-electron chi connectivity index (χ2n) is 0. The van der Waals surface area contributed by atoms with Gasteiger partial charge in [0.1, 0.15) is 0 Å². The second-order valence-corrected chi connectivity index (χ2v) is 0. The first kappa shape index (κ1) is 135. The summed E-state index contributed by atoms with van der Waals surface area (Å²) in [5.41, 5.74) is 0. The summed E-state index contributed by atoms with van der Waals surface area (Å²) >= 11 is 0. The molecule has 5 heteroatoms. The molecule has 0 saturated heterocycles. The van der Waals surface area contributed by atoms with E-state index in [2.05, 4.69) is 0 Å². The topological polar surface area (TPSA) is 91.5 Å². The Hall–Kier alpha value is 1.07. The van der Waals surface area contributed by atoms with Crippen LogP contribution >= 0.6 is 0 Å². The van der Waals surface area contributed by atoms with Crippen LogP contribution in [0.25, 0.3) is 0 Å². The minimum atomic E-state index is 0. The fourth-order valence-corrected chi connectivity index (χ4v) is 0. The Kier molecular flexibility index (Phi) is 1980. The van der Waals surface area contributed by atoms with Gasteiger partial charge in [-0.3, -0.25) is 0 Å². The van der Waals surface area contributed by atoms with Crippen molar-refractivity contribution in [2.45, 2.75) is 0 Å². The maximum atomic E-state index is 0. The maximum absolute atomic E-state index is 0. The van der Waals surface area contributed by atoms with E-state index in [9.17, 15) is 0 Å². The zero-order valence-electron chi connectivity index (χ0n) is 3.41. The molecule has 0 unspecified atom stereocenters. The SMILES string of the molecule is O.O.[Li+].[Li+].[O-2]. The summed E-state index contributed by atoms with van der Waals surface area (Å²) in [7, 11) is 0. The first-order valence-electron chi connectivity index (χ1n) is 0. The van der Waals surface area contributed by atoms with Crippen molar-refractivity contribution in [3.8, 4) is 0 Å². The van der Waals surface area contributed by atoms with Crippen LogP contribution in [0.15, 0.2) is 0 Å². The standard InChI is InChI=1S/2Li.2H2O.O/h;;2*1H2;/q2*+1;;;-2. The van der Waals surface area contributed by atoms with Crippen molar-refractivity contribution in [3.63, 3.8) is 0 Å². The molecule has 0 aromatic rings. The van der Waals surface area contributed by atoms with Gasteiger partial charge in [0, 0.05) is 0 Å². The molecule has 0 atom stereocenters. The predicted octanol–water partition coefficient (Wildman–Crippen LogP) is -7.76. The molecule has 3 nitrogen and oxygen atoms in total. The molecule has 5 heavy (non-hydrogen) atoms. The normalized spacial score (nSPS) is 0. The predicted molar refractivity (Wildman–Crippen MR) is 7.91 cm³/mol. The number of hydrogen-bond acceptors (Lipinski definition) is 0. The zero-order chi connectivity index (χ0) is 0. The molecule has 0 aliphatic rings. The summed E-state index contributed by atoms with van der Waals surface area (Å²) in [5, 5.41) is 0. The molecule has 0 fully saturated rings. The third-order valence-corrected chi connectivity index (χ3v) is 0. The van der Waals surface area contributed by atoms with E-state index in [0.29, 0.717) is 0 Å². The fourth-order valence-electron chi connectivity index (χ4n) is 0. The largest absolute Gasteiger partial charge is 2.00 e. The van der Waals surface area contributed by atoms with Gasteiger partial charge in [-0.25, -0.2) is 0 Å². The van der Waals surface area contributed by atoms with Crippen LogP contribution in [0.1, 0.15) is 0 Å². The molecular weight excluding hydrogens is 61.9 g/mol. The van der Waals surface area contributed by atoms with E-state index in [-0.39, 0.29) is 54.1 Å². The fraction of sp³-hybridized carbons (Fsp3) is 0. The molecule has 0 aromatic carbocycles. The van der Waals surface area contributed by atoms with Crippen LogP contribution in [0.4, 0.5) is 0 Å². The van der Waals surface area contributed by atoms with Gasteiger partial charge in [0.2, 0.25) is 0 Å². The van der Waals surface area contributed by atoms with Crippen molar-refractivity contribution in [1.82, 2.24) is 0 Å². The van der Waals surface area contributed by atoms with E-state index in [4.69, 9.17) is 0 Å². The quantitative estimate of drug-likeness (QED) is 0.251. The Morgan fingerprint density at radius 3 is 0.600 bits per heavy atom. The van der Waals surface area contributed by atoms with Crippen LogP contribution in [0, 0.1) is 0 Å². The minimum absolute atomic E-state index is 0. The molecule has 24 valence electrons. The maximum Gasteiger partial charge on any atom is 1.00 e. The van der Waals surface area contributed by atoms with Gasteiger partial charge in [-0.1, -0.05) is 0 Å². The van der Waals surface area contributed by atoms with Gasteiger partial charge in [-0.05, 0) is 0 Å². The summed E-state index contributed by atoms with van der Waals surface area (Å²) in [6.07, 6.45) is 0. The molecule has 0 bridgehead atoms. The van der Waals surface area contributed by atoms with Gasteiger partial charge >= 0.3 is 37.7 Å². The molecule has 0 radical (unpaired) electrons. The average molecular weight is 65.9 g/mol. The van der Waals surface area contributed by atoms with Gasteiger partial charge in [0.15, 0.2) is 0 Å². The summed E-state index contributed by atoms with van der Waals surface area (Å²) < 4.78 is 0. The summed E-state index contributed by atoms with van der Waals surface area (Å²) in [6.45, 7) is 0. The Morgan fingerprint density at radius 1 is 0.600 bits per heavy atom. The zero-order valence-corrected chi connectivity index (χ0v) is 3.41. The van der Waals surface area contributed by atoms with E-state index in [1.165, 1.54) is 0 Å². The third-order valence-electron chi connectivity index (χ3n) is 0. The Bertz CT molecular complexity index is 4.85. The van der Waals surface area contributed by atoms with E-state index >= 15 is 0 Å². The molecule has 0 aromatic heterocycles. The Labute approximate surface area is 54.4 Å². The van der Waals surface area contributed by atoms with Crippen molar-refractivity contribution < 1.29 is 54.1 Å². The van der Waals surface area contributed by atoms with E-state index in [1.54, 1.807) is 0 Å². The van der Waals surface area contributed by atoms with Crippen molar-refractivity contribution >= 4 is 0 Å². The van der Waals surface area contributed by atoms with E-state index < -0.39 is 0 Å². The molecular formula is H4Li2O3. The minimum Gasteiger partial charge on any atom is -2.00 e. The molecule has 0 heterocycles. The third kappa shape index (κ3) is 41.5. The summed E-state index contributed by atoms with van der Waals surface area (Å²) in [5.74, 6) is 0. The van der Waals surface area contributed by atoms with Crippen molar-refractivity contribution in [1.29, 1.82) is 0 Å². The molecule has 0 spiro atoms. The second kappa shape index (κ2) is 72.9. The van der Waals surface area contributed by atoms with Crippen LogP contribution in [-0.2, 0) is 5.48 Å². The van der Waals surface area contributed by atoms with Gasteiger partial charge < -0.3 is 16.4 Å². The molecule has 0 rings (SSSR count). The van der Waals surface area contributed by atoms with Gasteiger partial charge in [-0.15, -0.1) is 0 Å². The molecule has 0 aliphatic heterocycles. The van der Waals surface area contributed by atoms with Gasteiger partial charge in [0.05, 0.1) is 0 Å². The number of rotatable bonds is 0. The molecule has 0 aliphatic carbocycles. The number of hydrogen-bond donors (Lipinski definition) is 0. The molecule has 0 amide bonds.